The van der Waals surface area contributed by atoms with E-state index in [-0.39, 0.29) is 22.9 Å². The zero-order valence-electron chi connectivity index (χ0n) is 12.1. The average Bonchev–Trinajstić information content (AvgIpc) is 2.37. The number of nitrogens with two attached hydrogens (primary N) is 1. The van der Waals surface area contributed by atoms with Gasteiger partial charge in [0, 0.05) is 18.2 Å². The van der Waals surface area contributed by atoms with Crippen LogP contribution in [0, 0.1) is 6.92 Å². The molecule has 0 aromatic heterocycles. The van der Waals surface area contributed by atoms with E-state index in [9.17, 15) is 13.2 Å². The van der Waals surface area contributed by atoms with Gasteiger partial charge in [-0.2, -0.15) is 0 Å². The van der Waals surface area contributed by atoms with Crippen LogP contribution in [-0.4, -0.2) is 33.1 Å². The maximum absolute atomic E-state index is 12.3. The number of carbonyl (C=O) groups excluding carboxylic acids is 1. The molecular weight excluding hydrogens is 292 g/mol. The molecule has 0 saturated carbocycles. The van der Waals surface area contributed by atoms with Crippen LogP contribution in [0.1, 0.15) is 35.7 Å². The lowest BCUT2D eigenvalue weighted by atomic mass is 10.0. The van der Waals surface area contributed by atoms with Crippen molar-refractivity contribution in [2.45, 2.75) is 43.7 Å². The number of aryl methyl sites for hydroxylation is 1. The van der Waals surface area contributed by atoms with Crippen LogP contribution in [0.5, 0.6) is 0 Å². The third kappa shape index (κ3) is 4.26. The predicted octanol–water partition coefficient (Wildman–Crippen LogP) is 0.940. The van der Waals surface area contributed by atoms with Crippen molar-refractivity contribution in [2.75, 3.05) is 6.61 Å². The van der Waals surface area contributed by atoms with Crippen LogP contribution in [-0.2, 0) is 14.8 Å². The van der Waals surface area contributed by atoms with E-state index in [1.807, 2.05) is 6.92 Å². The summed E-state index contributed by atoms with van der Waals surface area (Å²) < 4.78 is 28.3. The zero-order chi connectivity index (χ0) is 15.6. The number of hydrogen-bond acceptors (Lipinski definition) is 4. The summed E-state index contributed by atoms with van der Waals surface area (Å²) >= 11 is 0. The van der Waals surface area contributed by atoms with Crippen LogP contribution in [0.25, 0.3) is 0 Å². The van der Waals surface area contributed by atoms with Gasteiger partial charge in [-0.05, 0) is 50.5 Å². The van der Waals surface area contributed by atoms with Crippen LogP contribution in [0.3, 0.4) is 0 Å². The first kappa shape index (κ1) is 15.9. The fraction of sp³-hybridized carbons (Fsp3) is 0.500. The summed E-state index contributed by atoms with van der Waals surface area (Å²) in [4.78, 5) is 12.2. The molecule has 0 bridgehead atoms. The maximum Gasteiger partial charge on any atom is 0.251 e. The first-order valence-corrected chi connectivity index (χ1v) is 8.37. The van der Waals surface area contributed by atoms with Crippen molar-refractivity contribution in [3.8, 4) is 0 Å². The zero-order valence-corrected chi connectivity index (χ0v) is 12.9. The lowest BCUT2D eigenvalue weighted by molar-refractivity contribution is 0.0136. The molecule has 116 valence electrons. The van der Waals surface area contributed by atoms with E-state index in [2.05, 4.69) is 5.32 Å². The minimum atomic E-state index is -3.82. The highest BCUT2D eigenvalue weighted by molar-refractivity contribution is 7.89. The highest BCUT2D eigenvalue weighted by atomic mass is 32.2. The largest absolute Gasteiger partial charge is 0.378 e. The van der Waals surface area contributed by atoms with E-state index in [4.69, 9.17) is 9.88 Å². The number of benzene rings is 1. The van der Waals surface area contributed by atoms with E-state index in [0.29, 0.717) is 17.7 Å². The summed E-state index contributed by atoms with van der Waals surface area (Å²) in [5.74, 6) is -0.289. The van der Waals surface area contributed by atoms with Crippen molar-refractivity contribution < 1.29 is 17.9 Å². The Morgan fingerprint density at radius 1 is 1.38 bits per heavy atom. The highest BCUT2D eigenvalue weighted by Crippen LogP contribution is 2.16. The van der Waals surface area contributed by atoms with Gasteiger partial charge in [-0.15, -0.1) is 0 Å². The molecule has 21 heavy (non-hydrogen) atoms. The fourth-order valence-electron chi connectivity index (χ4n) is 2.44. The van der Waals surface area contributed by atoms with E-state index in [0.717, 1.165) is 12.8 Å². The molecule has 1 heterocycles. The molecule has 1 fully saturated rings. The molecule has 3 N–H and O–H groups in total. The maximum atomic E-state index is 12.3. The Kier molecular flexibility index (Phi) is 4.65. The van der Waals surface area contributed by atoms with Crippen molar-refractivity contribution in [3.63, 3.8) is 0 Å². The number of ether oxygens (including phenoxy) is 1. The number of nitrogens with one attached hydrogen (secondary N) is 1. The number of amides is 1. The van der Waals surface area contributed by atoms with Gasteiger partial charge in [0.25, 0.3) is 5.91 Å². The Balaban J connectivity index is 2.17. The van der Waals surface area contributed by atoms with Crippen LogP contribution in [0.15, 0.2) is 23.1 Å². The van der Waals surface area contributed by atoms with Gasteiger partial charge < -0.3 is 10.1 Å². The van der Waals surface area contributed by atoms with Gasteiger partial charge in [0.05, 0.1) is 11.0 Å². The quantitative estimate of drug-likeness (QED) is 0.867. The molecule has 0 radical (unpaired) electrons. The first-order valence-electron chi connectivity index (χ1n) is 6.82. The van der Waals surface area contributed by atoms with Crippen LogP contribution >= 0.6 is 0 Å². The number of primary sulfonamides is 1. The van der Waals surface area contributed by atoms with Gasteiger partial charge in [-0.1, -0.05) is 0 Å². The Morgan fingerprint density at radius 2 is 2.10 bits per heavy atom. The molecule has 1 aromatic carbocycles. The molecule has 1 aliphatic rings. The van der Waals surface area contributed by atoms with Gasteiger partial charge in [-0.25, -0.2) is 13.6 Å². The first-order chi connectivity index (χ1) is 9.75. The molecule has 0 spiro atoms. The summed E-state index contributed by atoms with van der Waals surface area (Å²) in [7, 11) is -3.82. The van der Waals surface area contributed by atoms with Gasteiger partial charge in [-0.3, -0.25) is 4.79 Å². The molecule has 6 nitrogen and oxygen atoms in total. The predicted molar refractivity (Wildman–Crippen MR) is 78.5 cm³/mol. The highest BCUT2D eigenvalue weighted by Gasteiger charge is 2.22. The third-order valence-corrected chi connectivity index (χ3v) is 4.35. The SMILES string of the molecule is Cc1cc(C(=O)NC2CCOC(C)C2)cc(S(N)(=O)=O)c1. The Morgan fingerprint density at radius 3 is 2.71 bits per heavy atom. The standard InChI is InChI=1S/C14H20N2O4S/c1-9-5-11(8-13(6-9)21(15,18)19)14(17)16-12-3-4-20-10(2)7-12/h5-6,8,10,12H,3-4,7H2,1-2H3,(H,16,17)(H2,15,18,19). The Hall–Kier alpha value is -1.44. The summed E-state index contributed by atoms with van der Waals surface area (Å²) in [5, 5.41) is 8.04. The van der Waals surface area contributed by atoms with Crippen molar-refractivity contribution in [1.29, 1.82) is 0 Å². The minimum absolute atomic E-state index is 0.0414. The monoisotopic (exact) mass is 312 g/mol. The average molecular weight is 312 g/mol. The molecular formula is C14H20N2O4S. The summed E-state index contributed by atoms with van der Waals surface area (Å²) in [6, 6.07) is 4.44. The lowest BCUT2D eigenvalue weighted by Gasteiger charge is -2.28. The Bertz CT molecular complexity index is 642. The molecule has 7 heteroatoms. The summed E-state index contributed by atoms with van der Waals surface area (Å²) in [5.41, 5.74) is 0.977. The second-order valence-electron chi connectivity index (χ2n) is 5.46. The van der Waals surface area contributed by atoms with Crippen LogP contribution in [0.4, 0.5) is 0 Å². The van der Waals surface area contributed by atoms with Gasteiger partial charge in [0.15, 0.2) is 0 Å². The second-order valence-corrected chi connectivity index (χ2v) is 7.02. The van der Waals surface area contributed by atoms with E-state index in [1.54, 1.807) is 13.0 Å². The molecule has 2 atom stereocenters. The second kappa shape index (κ2) is 6.13. The summed E-state index contributed by atoms with van der Waals surface area (Å²) in [6.07, 6.45) is 1.62. The van der Waals surface area contributed by atoms with Crippen molar-refractivity contribution in [1.82, 2.24) is 5.32 Å². The Labute approximate surface area is 124 Å². The molecule has 1 aliphatic heterocycles. The smallest absolute Gasteiger partial charge is 0.251 e. The lowest BCUT2D eigenvalue weighted by Crippen LogP contribution is -2.41. The van der Waals surface area contributed by atoms with Gasteiger partial charge >= 0.3 is 0 Å². The van der Waals surface area contributed by atoms with Crippen molar-refractivity contribution >= 4 is 15.9 Å². The normalized spacial score (nSPS) is 22.8. The number of hydrogen-bond donors (Lipinski definition) is 2. The molecule has 1 amide bonds. The number of carbonyl (C=O) groups is 1. The van der Waals surface area contributed by atoms with Crippen molar-refractivity contribution in [3.05, 3.63) is 29.3 Å². The number of sulfonamides is 1. The molecule has 2 unspecified atom stereocenters. The minimum Gasteiger partial charge on any atom is -0.378 e. The topological polar surface area (TPSA) is 98.5 Å². The van der Waals surface area contributed by atoms with Gasteiger partial charge in [0.2, 0.25) is 10.0 Å². The molecule has 0 aliphatic carbocycles. The van der Waals surface area contributed by atoms with Crippen molar-refractivity contribution in [2.24, 2.45) is 5.14 Å². The fourth-order valence-corrected chi connectivity index (χ4v) is 3.08. The van der Waals surface area contributed by atoms with E-state index in [1.165, 1.54) is 12.1 Å². The van der Waals surface area contributed by atoms with Gasteiger partial charge in [0.1, 0.15) is 0 Å². The van der Waals surface area contributed by atoms with Crippen LogP contribution in [0.2, 0.25) is 0 Å². The van der Waals surface area contributed by atoms with Crippen LogP contribution < -0.4 is 10.5 Å². The number of rotatable bonds is 3. The molecule has 1 aromatic rings. The molecule has 1 saturated heterocycles. The van der Waals surface area contributed by atoms with E-state index < -0.39 is 10.0 Å². The third-order valence-electron chi connectivity index (χ3n) is 3.46. The summed E-state index contributed by atoms with van der Waals surface area (Å²) in [6.45, 7) is 4.30. The molecule has 2 rings (SSSR count). The van der Waals surface area contributed by atoms with E-state index >= 15 is 0 Å².